The summed E-state index contributed by atoms with van der Waals surface area (Å²) in [5.41, 5.74) is 2.66. The monoisotopic (exact) mass is 451 g/mol. The van der Waals surface area contributed by atoms with Crippen LogP contribution in [0.25, 0.3) is 0 Å². The normalized spacial score (nSPS) is 13.6. The summed E-state index contributed by atoms with van der Waals surface area (Å²) in [4.78, 5) is 11.9. The van der Waals surface area contributed by atoms with Crippen LogP contribution in [0.15, 0.2) is 115 Å². The molecule has 4 nitrogen and oxygen atoms in total. The molecule has 0 fully saturated rings. The first-order chi connectivity index (χ1) is 16.5. The van der Waals surface area contributed by atoms with Gasteiger partial charge in [0, 0.05) is 11.6 Å². The van der Waals surface area contributed by atoms with Gasteiger partial charge < -0.3 is 9.84 Å². The van der Waals surface area contributed by atoms with E-state index < -0.39 is 17.6 Å². The first kappa shape index (κ1) is 23.3. The zero-order valence-corrected chi connectivity index (χ0v) is 19.2. The molecule has 0 aliphatic carbocycles. The summed E-state index contributed by atoms with van der Waals surface area (Å²) in [6.45, 7) is 2.13. The first-order valence-corrected chi connectivity index (χ1v) is 11.4. The topological polar surface area (TPSA) is 58.6 Å². The Morgan fingerprint density at radius 2 is 1.41 bits per heavy atom. The second kappa shape index (κ2) is 10.8. The van der Waals surface area contributed by atoms with Crippen LogP contribution < -0.4 is 10.1 Å². The fourth-order valence-corrected chi connectivity index (χ4v) is 4.28. The van der Waals surface area contributed by atoms with Crippen molar-refractivity contribution >= 4 is 5.97 Å². The third-order valence-corrected chi connectivity index (χ3v) is 5.92. The number of carboxylic acid groups (broad SMARTS) is 1. The van der Waals surface area contributed by atoms with Crippen LogP contribution in [0, 0.1) is 0 Å². The Labute approximate surface area is 200 Å². The Kier molecular flexibility index (Phi) is 7.41. The number of para-hydroxylation sites is 1. The molecule has 4 aromatic rings. The van der Waals surface area contributed by atoms with Gasteiger partial charge in [-0.1, -0.05) is 91.0 Å². The Hall–Kier alpha value is -3.89. The van der Waals surface area contributed by atoms with Crippen molar-refractivity contribution in [3.05, 3.63) is 132 Å². The van der Waals surface area contributed by atoms with E-state index in [2.05, 4.69) is 36.5 Å². The molecule has 172 valence electrons. The molecule has 34 heavy (non-hydrogen) atoms. The average Bonchev–Trinajstić information content (AvgIpc) is 2.85. The molecule has 0 bridgehead atoms. The van der Waals surface area contributed by atoms with Crippen molar-refractivity contribution < 1.29 is 14.6 Å². The molecule has 2 N–H and O–H groups in total. The minimum absolute atomic E-state index is 0.0496. The molecule has 0 unspecified atom stereocenters. The van der Waals surface area contributed by atoms with Gasteiger partial charge in [-0.15, -0.1) is 0 Å². The van der Waals surface area contributed by atoms with E-state index in [-0.39, 0.29) is 6.42 Å². The zero-order chi connectivity index (χ0) is 23.8. The van der Waals surface area contributed by atoms with Crippen LogP contribution in [0.2, 0.25) is 0 Å². The van der Waals surface area contributed by atoms with Crippen molar-refractivity contribution in [3.63, 3.8) is 0 Å². The standard InChI is InChI=1S/C30H29NO3/c1-30(25-15-7-3-8-16-25,22-23-12-5-2-6-13-23)31-28(21-29(32)33)24-14-11-19-27(20-24)34-26-17-9-4-10-18-26/h2-20,28,31H,21-22H2,1H3,(H,32,33)/t28-,30+/m1/s1. The molecule has 4 rings (SSSR count). The number of hydrogen-bond donors (Lipinski definition) is 2. The number of benzene rings is 4. The van der Waals surface area contributed by atoms with Gasteiger partial charge in [-0.2, -0.15) is 0 Å². The first-order valence-electron chi connectivity index (χ1n) is 11.4. The predicted octanol–water partition coefficient (Wildman–Crippen LogP) is 6.74. The minimum Gasteiger partial charge on any atom is -0.481 e. The molecule has 0 aromatic heterocycles. The maximum absolute atomic E-state index is 11.9. The lowest BCUT2D eigenvalue weighted by atomic mass is 9.84. The van der Waals surface area contributed by atoms with Gasteiger partial charge in [-0.25, -0.2) is 0 Å². The van der Waals surface area contributed by atoms with Crippen LogP contribution in [-0.2, 0) is 16.8 Å². The van der Waals surface area contributed by atoms with Crippen LogP contribution in [-0.4, -0.2) is 11.1 Å². The van der Waals surface area contributed by atoms with E-state index >= 15 is 0 Å². The molecular weight excluding hydrogens is 422 g/mol. The number of hydrogen-bond acceptors (Lipinski definition) is 3. The van der Waals surface area contributed by atoms with Gasteiger partial charge in [-0.3, -0.25) is 10.1 Å². The van der Waals surface area contributed by atoms with Crippen molar-refractivity contribution in [2.75, 3.05) is 0 Å². The van der Waals surface area contributed by atoms with Crippen LogP contribution >= 0.6 is 0 Å². The van der Waals surface area contributed by atoms with E-state index in [9.17, 15) is 9.90 Å². The molecule has 0 heterocycles. The fraction of sp³-hybridized carbons (Fsp3) is 0.167. The molecule has 0 saturated carbocycles. The molecule has 4 aromatic carbocycles. The molecular formula is C30H29NO3. The molecule has 4 heteroatoms. The summed E-state index contributed by atoms with van der Waals surface area (Å²) in [6.07, 6.45) is 0.667. The molecule has 0 spiro atoms. The number of ether oxygens (including phenoxy) is 1. The van der Waals surface area contributed by atoms with Gasteiger partial charge in [0.05, 0.1) is 6.42 Å². The summed E-state index contributed by atoms with van der Waals surface area (Å²) in [5, 5.41) is 13.4. The van der Waals surface area contributed by atoms with Crippen LogP contribution in [0.1, 0.15) is 36.1 Å². The van der Waals surface area contributed by atoms with Crippen LogP contribution in [0.5, 0.6) is 11.5 Å². The van der Waals surface area contributed by atoms with E-state index in [1.165, 1.54) is 5.56 Å². The number of carboxylic acids is 1. The number of carbonyl (C=O) groups is 1. The van der Waals surface area contributed by atoms with Crippen LogP contribution in [0.4, 0.5) is 0 Å². The second-order valence-electron chi connectivity index (χ2n) is 8.64. The second-order valence-corrected chi connectivity index (χ2v) is 8.64. The lowest BCUT2D eigenvalue weighted by Gasteiger charge is -2.36. The molecule has 0 aliphatic rings. The van der Waals surface area contributed by atoms with Crippen molar-refractivity contribution in [1.82, 2.24) is 5.32 Å². The number of rotatable bonds is 10. The van der Waals surface area contributed by atoms with Gasteiger partial charge in [-0.05, 0) is 54.3 Å². The van der Waals surface area contributed by atoms with E-state index in [1.807, 2.05) is 91.0 Å². The van der Waals surface area contributed by atoms with Gasteiger partial charge in [0.1, 0.15) is 11.5 Å². The number of nitrogens with one attached hydrogen (secondary N) is 1. The zero-order valence-electron chi connectivity index (χ0n) is 19.2. The van der Waals surface area contributed by atoms with Crippen molar-refractivity contribution in [1.29, 1.82) is 0 Å². The lowest BCUT2D eigenvalue weighted by Crippen LogP contribution is -2.44. The molecule has 0 saturated heterocycles. The molecule has 0 radical (unpaired) electrons. The Morgan fingerprint density at radius 3 is 2.06 bits per heavy atom. The molecule has 0 aliphatic heterocycles. The maximum atomic E-state index is 11.9. The Balaban J connectivity index is 1.67. The Morgan fingerprint density at radius 1 is 0.824 bits per heavy atom. The highest BCUT2D eigenvalue weighted by molar-refractivity contribution is 5.68. The molecule has 2 atom stereocenters. The van der Waals surface area contributed by atoms with Crippen LogP contribution in [0.3, 0.4) is 0 Å². The third kappa shape index (κ3) is 6.12. The van der Waals surface area contributed by atoms with Gasteiger partial charge in [0.15, 0.2) is 0 Å². The summed E-state index contributed by atoms with van der Waals surface area (Å²) < 4.78 is 6.01. The van der Waals surface area contributed by atoms with E-state index in [1.54, 1.807) is 0 Å². The van der Waals surface area contributed by atoms with E-state index in [0.717, 1.165) is 16.9 Å². The van der Waals surface area contributed by atoms with Gasteiger partial charge >= 0.3 is 5.97 Å². The molecule has 0 amide bonds. The predicted molar refractivity (Wildman–Crippen MR) is 135 cm³/mol. The lowest BCUT2D eigenvalue weighted by molar-refractivity contribution is -0.137. The van der Waals surface area contributed by atoms with Crippen molar-refractivity contribution in [3.8, 4) is 11.5 Å². The highest BCUT2D eigenvalue weighted by Crippen LogP contribution is 2.32. The number of aliphatic carboxylic acids is 1. The quantitative estimate of drug-likeness (QED) is 0.280. The SMILES string of the molecule is C[C@@](Cc1ccccc1)(N[C@H](CC(=O)O)c1cccc(Oc2ccccc2)c1)c1ccccc1. The summed E-state index contributed by atoms with van der Waals surface area (Å²) in [7, 11) is 0. The van der Waals surface area contributed by atoms with E-state index in [4.69, 9.17) is 4.74 Å². The highest BCUT2D eigenvalue weighted by Gasteiger charge is 2.31. The smallest absolute Gasteiger partial charge is 0.305 e. The summed E-state index contributed by atoms with van der Waals surface area (Å²) in [5.74, 6) is 0.549. The summed E-state index contributed by atoms with van der Waals surface area (Å²) >= 11 is 0. The highest BCUT2D eigenvalue weighted by atomic mass is 16.5. The minimum atomic E-state index is -0.859. The third-order valence-electron chi connectivity index (χ3n) is 5.92. The van der Waals surface area contributed by atoms with E-state index in [0.29, 0.717) is 12.2 Å². The van der Waals surface area contributed by atoms with Gasteiger partial charge in [0.2, 0.25) is 0 Å². The Bertz CT molecular complexity index is 1200. The van der Waals surface area contributed by atoms with Crippen molar-refractivity contribution in [2.45, 2.75) is 31.3 Å². The largest absolute Gasteiger partial charge is 0.481 e. The van der Waals surface area contributed by atoms with Gasteiger partial charge in [0.25, 0.3) is 0 Å². The summed E-state index contributed by atoms with van der Waals surface area (Å²) in [6, 6.07) is 37.3. The fourth-order valence-electron chi connectivity index (χ4n) is 4.28. The van der Waals surface area contributed by atoms with Crippen molar-refractivity contribution in [2.24, 2.45) is 0 Å². The average molecular weight is 452 g/mol. The maximum Gasteiger partial charge on any atom is 0.305 e.